The predicted molar refractivity (Wildman–Crippen MR) is 43.4 cm³/mol. The van der Waals surface area contributed by atoms with Crippen molar-refractivity contribution < 1.29 is 14.8 Å². The van der Waals surface area contributed by atoms with Crippen molar-refractivity contribution in [1.29, 1.82) is 5.26 Å². The smallest absolute Gasteiger partial charge is 0.278 e. The molecule has 1 heterocycles. The summed E-state index contributed by atoms with van der Waals surface area (Å²) in [4.78, 5) is 22.4. The van der Waals surface area contributed by atoms with Crippen molar-refractivity contribution >= 4 is 11.8 Å². The Balaban J connectivity index is 2.66. The fraction of sp³-hybridized carbons (Fsp3) is 0. The molecule has 0 fully saturated rings. The number of hydrogen-bond donors (Lipinski definition) is 1. The van der Waals surface area contributed by atoms with E-state index in [-0.39, 0.29) is 21.8 Å². The molecule has 1 aliphatic heterocycles. The van der Waals surface area contributed by atoms with E-state index in [1.165, 1.54) is 18.2 Å². The average molecular weight is 188 g/mol. The molecule has 0 saturated carbocycles. The van der Waals surface area contributed by atoms with Gasteiger partial charge in [-0.25, -0.2) is 0 Å². The Bertz CT molecular complexity index is 487. The first-order valence-electron chi connectivity index (χ1n) is 3.77. The Morgan fingerprint density at radius 1 is 1.21 bits per heavy atom. The third kappa shape index (κ3) is 0.917. The first-order valence-corrected chi connectivity index (χ1v) is 3.77. The second kappa shape index (κ2) is 2.65. The number of imide groups is 1. The van der Waals surface area contributed by atoms with Gasteiger partial charge in [-0.2, -0.15) is 5.26 Å². The summed E-state index contributed by atoms with van der Waals surface area (Å²) in [6.45, 7) is 0. The highest BCUT2D eigenvalue weighted by molar-refractivity contribution is 6.20. The summed E-state index contributed by atoms with van der Waals surface area (Å²) in [7, 11) is 0. The quantitative estimate of drug-likeness (QED) is 0.476. The minimum Gasteiger partial charge on any atom is -0.278 e. The minimum absolute atomic E-state index is 0.0474. The molecule has 0 spiro atoms. The van der Waals surface area contributed by atoms with Gasteiger partial charge < -0.3 is 0 Å². The largest absolute Gasteiger partial charge is 0.285 e. The SMILES string of the molecule is N#Cc1ccc2c(c1)C(=O)N(O)C2=O. The van der Waals surface area contributed by atoms with Crippen molar-refractivity contribution in [3.8, 4) is 6.07 Å². The number of carbonyl (C=O) groups is 2. The number of rotatable bonds is 0. The molecular weight excluding hydrogens is 184 g/mol. The molecule has 5 heteroatoms. The van der Waals surface area contributed by atoms with Crippen molar-refractivity contribution in [3.63, 3.8) is 0 Å². The van der Waals surface area contributed by atoms with Crippen LogP contribution in [0.15, 0.2) is 18.2 Å². The third-order valence-corrected chi connectivity index (χ3v) is 1.99. The molecule has 2 rings (SSSR count). The molecule has 0 unspecified atom stereocenters. The zero-order valence-corrected chi connectivity index (χ0v) is 6.89. The Morgan fingerprint density at radius 3 is 2.50 bits per heavy atom. The Kier molecular flexibility index (Phi) is 1.59. The summed E-state index contributed by atoms with van der Waals surface area (Å²) in [5.74, 6) is -1.54. The summed E-state index contributed by atoms with van der Waals surface area (Å²) in [6.07, 6.45) is 0. The maximum Gasteiger partial charge on any atom is 0.285 e. The van der Waals surface area contributed by atoms with Gasteiger partial charge in [-0.15, -0.1) is 5.06 Å². The third-order valence-electron chi connectivity index (χ3n) is 1.99. The molecule has 0 radical (unpaired) electrons. The molecule has 0 saturated heterocycles. The van der Waals surface area contributed by atoms with Crippen molar-refractivity contribution in [2.45, 2.75) is 0 Å². The van der Waals surface area contributed by atoms with Crippen molar-refractivity contribution in [2.75, 3.05) is 0 Å². The summed E-state index contributed by atoms with van der Waals surface area (Å²) >= 11 is 0. The summed E-state index contributed by atoms with van der Waals surface area (Å²) in [5.41, 5.74) is 0.466. The summed E-state index contributed by atoms with van der Waals surface area (Å²) in [5, 5.41) is 17.6. The zero-order chi connectivity index (χ0) is 10.3. The molecule has 1 aromatic rings. The van der Waals surface area contributed by atoms with E-state index in [4.69, 9.17) is 10.5 Å². The van der Waals surface area contributed by atoms with E-state index < -0.39 is 11.8 Å². The van der Waals surface area contributed by atoms with Crippen LogP contribution in [0, 0.1) is 11.3 Å². The molecule has 1 aliphatic rings. The molecular formula is C9H4N2O3. The van der Waals surface area contributed by atoms with Crippen LogP contribution in [-0.4, -0.2) is 22.1 Å². The van der Waals surface area contributed by atoms with Gasteiger partial charge in [-0.05, 0) is 18.2 Å². The molecule has 14 heavy (non-hydrogen) atoms. The molecule has 68 valence electrons. The molecule has 2 amide bonds. The topological polar surface area (TPSA) is 81.4 Å². The van der Waals surface area contributed by atoms with Crippen molar-refractivity contribution in [1.82, 2.24) is 5.06 Å². The van der Waals surface area contributed by atoms with Gasteiger partial charge in [0.1, 0.15) is 0 Å². The highest BCUT2D eigenvalue weighted by atomic mass is 16.5. The van der Waals surface area contributed by atoms with E-state index in [1.54, 1.807) is 0 Å². The molecule has 0 aliphatic carbocycles. The van der Waals surface area contributed by atoms with Crippen LogP contribution in [0.3, 0.4) is 0 Å². The number of amides is 2. The second-order valence-electron chi connectivity index (χ2n) is 2.79. The Labute approximate surface area is 78.7 Å². The van der Waals surface area contributed by atoms with Crippen molar-refractivity contribution in [3.05, 3.63) is 34.9 Å². The van der Waals surface area contributed by atoms with Gasteiger partial charge in [0, 0.05) is 0 Å². The zero-order valence-electron chi connectivity index (χ0n) is 6.89. The molecule has 0 atom stereocenters. The molecule has 1 N–H and O–H groups in total. The van der Waals surface area contributed by atoms with E-state index in [9.17, 15) is 9.59 Å². The lowest BCUT2D eigenvalue weighted by atomic mass is 10.1. The summed E-state index contributed by atoms with van der Waals surface area (Å²) < 4.78 is 0. The van der Waals surface area contributed by atoms with Crippen LogP contribution in [0.25, 0.3) is 0 Å². The van der Waals surface area contributed by atoms with Gasteiger partial charge >= 0.3 is 0 Å². The van der Waals surface area contributed by atoms with Crippen LogP contribution < -0.4 is 0 Å². The van der Waals surface area contributed by atoms with Gasteiger partial charge in [0.15, 0.2) is 0 Å². The average Bonchev–Trinajstić information content (AvgIpc) is 2.44. The van der Waals surface area contributed by atoms with E-state index in [2.05, 4.69) is 0 Å². The van der Waals surface area contributed by atoms with E-state index in [0.717, 1.165) is 0 Å². The first kappa shape index (κ1) is 8.41. The predicted octanol–water partition coefficient (Wildman–Crippen LogP) is 0.543. The Morgan fingerprint density at radius 2 is 1.86 bits per heavy atom. The number of hydrogen-bond acceptors (Lipinski definition) is 4. The highest BCUT2D eigenvalue weighted by Gasteiger charge is 2.34. The lowest BCUT2D eigenvalue weighted by molar-refractivity contribution is -0.0327. The second-order valence-corrected chi connectivity index (χ2v) is 2.79. The van der Waals surface area contributed by atoms with E-state index in [1.807, 2.05) is 6.07 Å². The molecule has 0 aromatic heterocycles. The number of hydroxylamine groups is 2. The monoisotopic (exact) mass is 188 g/mol. The fourth-order valence-electron chi connectivity index (χ4n) is 1.30. The number of benzene rings is 1. The first-order chi connectivity index (χ1) is 6.65. The maximum absolute atomic E-state index is 11.2. The Hall–Kier alpha value is -2.19. The molecule has 1 aromatic carbocycles. The summed E-state index contributed by atoms with van der Waals surface area (Å²) in [6, 6.07) is 5.90. The van der Waals surface area contributed by atoms with E-state index >= 15 is 0 Å². The minimum atomic E-state index is -0.790. The lowest BCUT2D eigenvalue weighted by Gasteiger charge is -1.99. The highest BCUT2D eigenvalue weighted by Crippen LogP contribution is 2.21. The van der Waals surface area contributed by atoms with Crippen LogP contribution in [-0.2, 0) is 0 Å². The van der Waals surface area contributed by atoms with Crippen LogP contribution >= 0.6 is 0 Å². The number of nitriles is 1. The van der Waals surface area contributed by atoms with Crippen LogP contribution in [0.5, 0.6) is 0 Å². The fourth-order valence-corrected chi connectivity index (χ4v) is 1.30. The normalized spacial score (nSPS) is 14.1. The van der Waals surface area contributed by atoms with Gasteiger partial charge in [-0.1, -0.05) is 0 Å². The maximum atomic E-state index is 11.2. The number of nitrogens with zero attached hydrogens (tertiary/aromatic N) is 2. The van der Waals surface area contributed by atoms with Crippen LogP contribution in [0.1, 0.15) is 26.3 Å². The van der Waals surface area contributed by atoms with Crippen LogP contribution in [0.2, 0.25) is 0 Å². The van der Waals surface area contributed by atoms with Gasteiger partial charge in [0.25, 0.3) is 11.8 Å². The molecule has 0 bridgehead atoms. The van der Waals surface area contributed by atoms with Crippen LogP contribution in [0.4, 0.5) is 0 Å². The molecule has 5 nitrogen and oxygen atoms in total. The van der Waals surface area contributed by atoms with Gasteiger partial charge in [0.2, 0.25) is 0 Å². The standard InChI is InChI=1S/C9H4N2O3/c10-4-5-1-2-6-7(3-5)9(13)11(14)8(6)12/h1-3,14H. The number of fused-ring (bicyclic) bond motifs is 1. The number of carbonyl (C=O) groups excluding carboxylic acids is 2. The van der Waals surface area contributed by atoms with E-state index in [0.29, 0.717) is 0 Å². The lowest BCUT2D eigenvalue weighted by Crippen LogP contribution is -2.25. The van der Waals surface area contributed by atoms with Gasteiger partial charge in [0.05, 0.1) is 22.8 Å². The van der Waals surface area contributed by atoms with Crippen molar-refractivity contribution in [2.24, 2.45) is 0 Å². The van der Waals surface area contributed by atoms with Gasteiger partial charge in [-0.3, -0.25) is 14.8 Å².